The largest absolute Gasteiger partial charge is 0.453 e. The Bertz CT molecular complexity index is 2040. The van der Waals surface area contributed by atoms with Gasteiger partial charge in [0.05, 0.1) is 36.9 Å². The third kappa shape index (κ3) is 13.1. The number of nitrogens with one attached hydrogen (secondary N) is 4. The van der Waals surface area contributed by atoms with E-state index in [9.17, 15) is 24.3 Å². The Kier molecular flexibility index (Phi) is 15.5. The molecule has 1 saturated heterocycles. The summed E-state index contributed by atoms with van der Waals surface area (Å²) in [6, 6.07) is 29.5. The molecular formula is C48H62N6O6. The summed E-state index contributed by atoms with van der Waals surface area (Å²) in [5.41, 5.74) is 4.59. The number of carbonyl (C=O) groups excluding carboxylic acids is 4. The Balaban J connectivity index is 1.40. The summed E-state index contributed by atoms with van der Waals surface area (Å²) in [7, 11) is 1.29. The van der Waals surface area contributed by atoms with Gasteiger partial charge in [0.1, 0.15) is 0 Å². The second kappa shape index (κ2) is 20.5. The highest BCUT2D eigenvalue weighted by atomic mass is 16.5. The van der Waals surface area contributed by atoms with E-state index in [1.165, 1.54) is 7.11 Å². The van der Waals surface area contributed by atoms with Crippen LogP contribution in [0.25, 0.3) is 11.3 Å². The lowest BCUT2D eigenvalue weighted by atomic mass is 9.75. The van der Waals surface area contributed by atoms with Crippen molar-refractivity contribution in [3.8, 4) is 11.3 Å². The van der Waals surface area contributed by atoms with Crippen LogP contribution >= 0.6 is 0 Å². The van der Waals surface area contributed by atoms with Gasteiger partial charge in [0, 0.05) is 43.9 Å². The summed E-state index contributed by atoms with van der Waals surface area (Å²) in [4.78, 5) is 59.8. The average molecular weight is 819 g/mol. The number of aromatic nitrogens is 1. The zero-order valence-electron chi connectivity index (χ0n) is 36.0. The number of aliphatic hydroxyl groups excluding tert-OH is 1. The smallest absolute Gasteiger partial charge is 0.406 e. The van der Waals surface area contributed by atoms with Gasteiger partial charge in [0.2, 0.25) is 11.8 Å². The maximum Gasteiger partial charge on any atom is 0.406 e. The molecule has 3 aromatic carbocycles. The minimum Gasteiger partial charge on any atom is -0.453 e. The number of carbonyl (C=O) groups is 4. The second-order valence-electron chi connectivity index (χ2n) is 17.9. The zero-order valence-corrected chi connectivity index (χ0v) is 36.0. The highest BCUT2D eigenvalue weighted by Crippen LogP contribution is 2.34. The van der Waals surface area contributed by atoms with Crippen LogP contribution in [0.2, 0.25) is 0 Å². The number of aryl methyl sites for hydroxylation is 1. The lowest BCUT2D eigenvalue weighted by Gasteiger charge is -2.39. The number of nitrogens with zero attached hydrogens (tertiary/aromatic N) is 2. The SMILES string of the molecule is COC(=O)NCC(C)(C)CC(=O)NC(Cc1ccc(-c2ccccn2)cc1)CC(O)C(Cc1ccccc1)NC(=O)C(C1CNC(=O)N1Cc1cccc(C)c1)C(C)(C)C. The topological polar surface area (TPSA) is 162 Å². The molecule has 5 amide bonds. The van der Waals surface area contributed by atoms with Crippen LogP contribution in [0.5, 0.6) is 0 Å². The molecule has 1 fully saturated rings. The first-order chi connectivity index (χ1) is 28.5. The van der Waals surface area contributed by atoms with Crippen molar-refractivity contribution in [2.75, 3.05) is 20.2 Å². The van der Waals surface area contributed by atoms with Crippen molar-refractivity contribution in [3.05, 3.63) is 126 Å². The molecule has 1 aromatic heterocycles. The molecule has 1 aliphatic rings. The zero-order chi connectivity index (χ0) is 43.5. The van der Waals surface area contributed by atoms with Crippen LogP contribution in [0.3, 0.4) is 0 Å². The van der Waals surface area contributed by atoms with Crippen LogP contribution in [0.1, 0.15) is 69.7 Å². The van der Waals surface area contributed by atoms with E-state index in [2.05, 4.69) is 26.3 Å². The molecule has 2 heterocycles. The molecule has 12 nitrogen and oxygen atoms in total. The van der Waals surface area contributed by atoms with Crippen molar-refractivity contribution >= 4 is 23.9 Å². The van der Waals surface area contributed by atoms with Gasteiger partial charge in [-0.25, -0.2) is 9.59 Å². The number of hydrogen-bond acceptors (Lipinski definition) is 7. The van der Waals surface area contributed by atoms with Gasteiger partial charge >= 0.3 is 12.1 Å². The van der Waals surface area contributed by atoms with E-state index < -0.39 is 47.1 Å². The Morgan fingerprint density at radius 2 is 1.57 bits per heavy atom. The van der Waals surface area contributed by atoms with E-state index in [0.717, 1.165) is 33.5 Å². The van der Waals surface area contributed by atoms with Crippen molar-refractivity contribution < 1.29 is 29.0 Å². The summed E-state index contributed by atoms with van der Waals surface area (Å²) >= 11 is 0. The summed E-state index contributed by atoms with van der Waals surface area (Å²) in [6.45, 7) is 12.7. The van der Waals surface area contributed by atoms with Gasteiger partial charge in [-0.1, -0.05) is 125 Å². The van der Waals surface area contributed by atoms with Crippen LogP contribution < -0.4 is 21.3 Å². The number of rotatable bonds is 18. The molecule has 5 rings (SSSR count). The van der Waals surface area contributed by atoms with Crippen molar-refractivity contribution in [1.82, 2.24) is 31.2 Å². The molecule has 0 saturated carbocycles. The molecule has 1 aliphatic heterocycles. The molecule has 0 radical (unpaired) electrons. The van der Waals surface area contributed by atoms with E-state index >= 15 is 0 Å². The standard InChI is InChI=1S/C48H62N6O6/c1-32-14-13-17-35(24-32)30-54-40(29-50-45(54)58)43(47(2,3)4)44(57)53-39(26-33-15-9-8-10-16-33)41(55)27-37(52-42(56)28-48(5,6)31-51-46(59)60-7)25-34-19-21-36(22-20-34)38-18-11-12-23-49-38/h8-24,37,39-41,43,55H,25-31H2,1-7H3,(H,50,58)(H,51,59)(H,52,56)(H,53,57). The summed E-state index contributed by atoms with van der Waals surface area (Å²) < 4.78 is 4.72. The third-order valence-electron chi connectivity index (χ3n) is 11.1. The number of ether oxygens (including phenoxy) is 1. The molecular weight excluding hydrogens is 757 g/mol. The van der Waals surface area contributed by atoms with Gasteiger partial charge in [0.25, 0.3) is 0 Å². The van der Waals surface area contributed by atoms with Crippen LogP contribution in [-0.2, 0) is 33.7 Å². The van der Waals surface area contributed by atoms with Crippen molar-refractivity contribution in [2.45, 2.75) is 98.0 Å². The fourth-order valence-electron chi connectivity index (χ4n) is 8.06. The van der Waals surface area contributed by atoms with Crippen LogP contribution in [0.15, 0.2) is 103 Å². The Hall–Kier alpha value is -5.75. The van der Waals surface area contributed by atoms with E-state index in [0.29, 0.717) is 25.9 Å². The lowest BCUT2D eigenvalue weighted by molar-refractivity contribution is -0.132. The predicted molar refractivity (Wildman–Crippen MR) is 234 cm³/mol. The first-order valence-electron chi connectivity index (χ1n) is 20.8. The van der Waals surface area contributed by atoms with E-state index in [4.69, 9.17) is 4.74 Å². The summed E-state index contributed by atoms with van der Waals surface area (Å²) in [5.74, 6) is -1.12. The first-order valence-corrected chi connectivity index (χ1v) is 20.8. The molecule has 5 unspecified atom stereocenters. The first kappa shape index (κ1) is 45.3. The van der Waals surface area contributed by atoms with E-state index in [1.807, 2.05) is 139 Å². The third-order valence-corrected chi connectivity index (χ3v) is 11.1. The van der Waals surface area contributed by atoms with Crippen molar-refractivity contribution in [1.29, 1.82) is 0 Å². The minimum atomic E-state index is -1.08. The molecule has 0 aliphatic carbocycles. The highest BCUT2D eigenvalue weighted by Gasteiger charge is 2.46. The van der Waals surface area contributed by atoms with Gasteiger partial charge in [0.15, 0.2) is 0 Å². The Labute approximate surface area is 354 Å². The molecule has 4 aromatic rings. The van der Waals surface area contributed by atoms with Crippen LogP contribution in [-0.4, -0.2) is 83.4 Å². The van der Waals surface area contributed by atoms with Gasteiger partial charge < -0.3 is 36.0 Å². The van der Waals surface area contributed by atoms with Crippen LogP contribution in [0, 0.1) is 23.7 Å². The monoisotopic (exact) mass is 818 g/mol. The Morgan fingerprint density at radius 1 is 0.883 bits per heavy atom. The number of benzene rings is 3. The second-order valence-corrected chi connectivity index (χ2v) is 17.9. The average Bonchev–Trinajstić information content (AvgIpc) is 3.54. The summed E-state index contributed by atoms with van der Waals surface area (Å²) in [6.07, 6.45) is 1.08. The molecule has 5 N–H and O–H groups in total. The summed E-state index contributed by atoms with van der Waals surface area (Å²) in [5, 5.41) is 24.3. The number of aliphatic hydroxyl groups is 1. The van der Waals surface area contributed by atoms with E-state index in [1.54, 1.807) is 11.1 Å². The maximum absolute atomic E-state index is 14.7. The number of amides is 5. The quantitative estimate of drug-likeness (QED) is 0.0757. The van der Waals surface area contributed by atoms with E-state index in [-0.39, 0.29) is 37.2 Å². The molecule has 0 bridgehead atoms. The number of pyridine rings is 1. The highest BCUT2D eigenvalue weighted by molar-refractivity contribution is 5.84. The molecule has 12 heteroatoms. The van der Waals surface area contributed by atoms with Crippen LogP contribution in [0.4, 0.5) is 9.59 Å². The van der Waals surface area contributed by atoms with Gasteiger partial charge in [-0.3, -0.25) is 14.6 Å². The molecule has 5 atom stereocenters. The normalized spacial score (nSPS) is 16.2. The van der Waals surface area contributed by atoms with Gasteiger partial charge in [-0.2, -0.15) is 0 Å². The van der Waals surface area contributed by atoms with Gasteiger partial charge in [-0.05, 0) is 65.8 Å². The molecule has 60 heavy (non-hydrogen) atoms. The number of hydrogen-bond donors (Lipinski definition) is 5. The fourth-order valence-corrected chi connectivity index (χ4v) is 8.06. The lowest BCUT2D eigenvalue weighted by Crippen LogP contribution is -2.56. The van der Waals surface area contributed by atoms with Gasteiger partial charge in [-0.15, -0.1) is 0 Å². The Morgan fingerprint density at radius 3 is 2.22 bits per heavy atom. The fraction of sp³-hybridized carbons (Fsp3) is 0.438. The molecule has 320 valence electrons. The number of methoxy groups -OCH3 is 1. The predicted octanol–water partition coefficient (Wildman–Crippen LogP) is 6.59. The van der Waals surface area contributed by atoms with Crippen molar-refractivity contribution in [2.24, 2.45) is 16.7 Å². The number of urea groups is 1. The maximum atomic E-state index is 14.7. The molecule has 0 spiro atoms. The number of alkyl carbamates (subject to hydrolysis) is 1. The van der Waals surface area contributed by atoms with Crippen molar-refractivity contribution in [3.63, 3.8) is 0 Å². The minimum absolute atomic E-state index is 0.104.